The molecule has 0 unspecified atom stereocenters. The van der Waals surface area contributed by atoms with Crippen LogP contribution < -0.4 is 10.1 Å². The fourth-order valence-corrected chi connectivity index (χ4v) is 1.76. The SMILES string of the molecule is O=C(Nc1ccccc1Oc1ccccc1)C(Br)(Br)Br. The third-order valence-electron chi connectivity index (χ3n) is 2.36. The molecule has 2 aromatic carbocycles. The van der Waals surface area contributed by atoms with E-state index in [1.165, 1.54) is 0 Å². The van der Waals surface area contributed by atoms with Gasteiger partial charge in [0.05, 0.1) is 5.69 Å². The first-order valence-corrected chi connectivity index (χ1v) is 8.05. The van der Waals surface area contributed by atoms with Gasteiger partial charge >= 0.3 is 0 Å². The van der Waals surface area contributed by atoms with Crippen LogP contribution in [0.25, 0.3) is 0 Å². The summed E-state index contributed by atoms with van der Waals surface area (Å²) in [5, 5.41) is 2.77. The molecule has 0 bridgehead atoms. The minimum Gasteiger partial charge on any atom is -0.455 e. The fourth-order valence-electron chi connectivity index (χ4n) is 1.47. The monoisotopic (exact) mass is 461 g/mol. The summed E-state index contributed by atoms with van der Waals surface area (Å²) in [7, 11) is 0. The number of anilines is 1. The number of rotatable bonds is 3. The smallest absolute Gasteiger partial charge is 0.263 e. The first-order valence-electron chi connectivity index (χ1n) is 5.67. The standard InChI is InChI=1S/C14H10Br3NO2/c15-14(16,17)13(19)18-11-8-4-5-9-12(11)20-10-6-2-1-3-7-10/h1-9H,(H,18,19). The molecule has 0 aliphatic heterocycles. The van der Waals surface area contributed by atoms with Crippen LogP contribution in [0.2, 0.25) is 0 Å². The van der Waals surface area contributed by atoms with Gasteiger partial charge in [-0.05, 0) is 72.1 Å². The minimum atomic E-state index is -1.01. The van der Waals surface area contributed by atoms with Gasteiger partial charge in [-0.25, -0.2) is 0 Å². The molecular formula is C14H10Br3NO2. The number of amides is 1. The molecule has 0 aliphatic rings. The zero-order chi connectivity index (χ0) is 14.6. The fraction of sp³-hybridized carbons (Fsp3) is 0.0714. The van der Waals surface area contributed by atoms with E-state index in [0.717, 1.165) is 0 Å². The Morgan fingerprint density at radius 3 is 2.20 bits per heavy atom. The topological polar surface area (TPSA) is 38.3 Å². The number of ether oxygens (including phenoxy) is 1. The van der Waals surface area contributed by atoms with Crippen LogP contribution in [0, 0.1) is 0 Å². The van der Waals surface area contributed by atoms with E-state index in [9.17, 15) is 4.79 Å². The Hall–Kier alpha value is -0.850. The number of carbonyl (C=O) groups excluding carboxylic acids is 1. The summed E-state index contributed by atoms with van der Waals surface area (Å²) >= 11 is 9.52. The molecule has 0 spiro atoms. The van der Waals surface area contributed by atoms with Gasteiger partial charge in [-0.2, -0.15) is 0 Å². The highest BCUT2D eigenvalue weighted by Crippen LogP contribution is 2.36. The van der Waals surface area contributed by atoms with Crippen molar-refractivity contribution in [3.8, 4) is 11.5 Å². The zero-order valence-electron chi connectivity index (χ0n) is 10.1. The molecule has 0 fully saturated rings. The first kappa shape index (κ1) is 15.5. The largest absolute Gasteiger partial charge is 0.455 e. The highest BCUT2D eigenvalue weighted by molar-refractivity contribution is 9.40. The van der Waals surface area contributed by atoms with Gasteiger partial charge in [0, 0.05) is 0 Å². The number of halogens is 3. The van der Waals surface area contributed by atoms with Crippen molar-refractivity contribution in [2.24, 2.45) is 0 Å². The molecule has 0 radical (unpaired) electrons. The van der Waals surface area contributed by atoms with E-state index >= 15 is 0 Å². The van der Waals surface area contributed by atoms with Gasteiger partial charge in [0.1, 0.15) is 5.75 Å². The maximum absolute atomic E-state index is 11.9. The number of carbonyl (C=O) groups is 1. The number of alkyl halides is 3. The van der Waals surface area contributed by atoms with Crippen molar-refractivity contribution in [1.82, 2.24) is 0 Å². The summed E-state index contributed by atoms with van der Waals surface area (Å²) in [5.74, 6) is 0.988. The second-order valence-electron chi connectivity index (χ2n) is 3.86. The van der Waals surface area contributed by atoms with E-state index in [-0.39, 0.29) is 5.91 Å². The van der Waals surface area contributed by atoms with Crippen LogP contribution in [0.5, 0.6) is 11.5 Å². The lowest BCUT2D eigenvalue weighted by atomic mass is 10.3. The van der Waals surface area contributed by atoms with Crippen molar-refractivity contribution in [2.45, 2.75) is 2.14 Å². The predicted octanol–water partition coefficient (Wildman–Crippen LogP) is 5.26. The van der Waals surface area contributed by atoms with Crippen LogP contribution in [0.4, 0.5) is 5.69 Å². The molecule has 6 heteroatoms. The maximum atomic E-state index is 11.9. The highest BCUT2D eigenvalue weighted by atomic mass is 80.0. The summed E-state index contributed by atoms with van der Waals surface area (Å²) in [5.41, 5.74) is 0.587. The second kappa shape index (κ2) is 6.74. The molecule has 1 amide bonds. The van der Waals surface area contributed by atoms with Crippen LogP contribution in [0.3, 0.4) is 0 Å². The van der Waals surface area contributed by atoms with Crippen molar-refractivity contribution in [3.63, 3.8) is 0 Å². The van der Waals surface area contributed by atoms with Crippen LogP contribution in [-0.2, 0) is 4.79 Å². The Morgan fingerprint density at radius 2 is 1.55 bits per heavy atom. The van der Waals surface area contributed by atoms with Gasteiger partial charge in [-0.15, -0.1) is 0 Å². The van der Waals surface area contributed by atoms with E-state index in [1.54, 1.807) is 12.1 Å². The van der Waals surface area contributed by atoms with E-state index in [4.69, 9.17) is 4.74 Å². The van der Waals surface area contributed by atoms with Gasteiger partial charge in [-0.1, -0.05) is 30.3 Å². The molecule has 0 aliphatic carbocycles. The molecule has 3 nitrogen and oxygen atoms in total. The molecule has 0 saturated carbocycles. The number of hydrogen-bond acceptors (Lipinski definition) is 2. The van der Waals surface area contributed by atoms with Crippen LogP contribution in [0.1, 0.15) is 0 Å². The molecule has 20 heavy (non-hydrogen) atoms. The Bertz CT molecular complexity index is 597. The molecule has 2 aromatic rings. The summed E-state index contributed by atoms with van der Waals surface area (Å²) in [6.45, 7) is 0. The molecule has 104 valence electrons. The Kier molecular flexibility index (Phi) is 5.23. The van der Waals surface area contributed by atoms with Crippen molar-refractivity contribution in [3.05, 3.63) is 54.6 Å². The third-order valence-corrected chi connectivity index (χ3v) is 3.44. The van der Waals surface area contributed by atoms with E-state index in [1.807, 2.05) is 42.5 Å². The molecule has 2 rings (SSSR count). The van der Waals surface area contributed by atoms with Crippen molar-refractivity contribution in [2.75, 3.05) is 5.32 Å². The summed E-state index contributed by atoms with van der Waals surface area (Å²) in [6, 6.07) is 16.6. The maximum Gasteiger partial charge on any atom is 0.263 e. The normalized spacial score (nSPS) is 10.9. The zero-order valence-corrected chi connectivity index (χ0v) is 14.9. The number of nitrogens with one attached hydrogen (secondary N) is 1. The summed E-state index contributed by atoms with van der Waals surface area (Å²) < 4.78 is 4.76. The van der Waals surface area contributed by atoms with E-state index in [0.29, 0.717) is 17.2 Å². The van der Waals surface area contributed by atoms with Gasteiger partial charge in [0.25, 0.3) is 5.91 Å². The summed E-state index contributed by atoms with van der Waals surface area (Å²) in [4.78, 5) is 11.9. The number of hydrogen-bond donors (Lipinski definition) is 1. The van der Waals surface area contributed by atoms with Crippen LogP contribution in [0.15, 0.2) is 54.6 Å². The lowest BCUT2D eigenvalue weighted by Crippen LogP contribution is -2.25. The van der Waals surface area contributed by atoms with Crippen LogP contribution >= 0.6 is 47.8 Å². The van der Waals surface area contributed by atoms with Crippen molar-refractivity contribution in [1.29, 1.82) is 0 Å². The number of para-hydroxylation sites is 3. The molecule has 1 N–H and O–H groups in total. The summed E-state index contributed by atoms with van der Waals surface area (Å²) in [6.07, 6.45) is 0. The second-order valence-corrected chi connectivity index (χ2v) is 10.6. The Balaban J connectivity index is 2.21. The lowest BCUT2D eigenvalue weighted by Gasteiger charge is -2.15. The molecule has 0 heterocycles. The van der Waals surface area contributed by atoms with Gasteiger partial charge in [-0.3, -0.25) is 4.79 Å². The minimum absolute atomic E-state index is 0.290. The molecular weight excluding hydrogens is 454 g/mol. The lowest BCUT2D eigenvalue weighted by molar-refractivity contribution is -0.114. The quantitative estimate of drug-likeness (QED) is 0.631. The first-order chi connectivity index (χ1) is 9.47. The van der Waals surface area contributed by atoms with Crippen molar-refractivity contribution < 1.29 is 9.53 Å². The average molecular weight is 464 g/mol. The van der Waals surface area contributed by atoms with Gasteiger partial charge in [0.15, 0.2) is 5.75 Å². The van der Waals surface area contributed by atoms with Gasteiger partial charge in [0.2, 0.25) is 2.14 Å². The molecule has 0 saturated heterocycles. The molecule has 0 aromatic heterocycles. The number of benzene rings is 2. The highest BCUT2D eigenvalue weighted by Gasteiger charge is 2.29. The van der Waals surface area contributed by atoms with Gasteiger partial charge < -0.3 is 10.1 Å². The molecule has 0 atom stereocenters. The van der Waals surface area contributed by atoms with E-state index in [2.05, 4.69) is 53.1 Å². The Labute approximate surface area is 142 Å². The van der Waals surface area contributed by atoms with Crippen LogP contribution in [-0.4, -0.2) is 8.05 Å². The average Bonchev–Trinajstić information content (AvgIpc) is 2.41. The third kappa shape index (κ3) is 4.33. The van der Waals surface area contributed by atoms with Crippen molar-refractivity contribution >= 4 is 59.4 Å². The predicted molar refractivity (Wildman–Crippen MR) is 91.1 cm³/mol. The Morgan fingerprint density at radius 1 is 0.950 bits per heavy atom. The van der Waals surface area contributed by atoms with E-state index < -0.39 is 2.14 Å².